The zero-order valence-electron chi connectivity index (χ0n) is 13.2. The maximum Gasteiger partial charge on any atom is 0.223 e. The predicted octanol–water partition coefficient (Wildman–Crippen LogP) is 1.65. The van der Waals surface area contributed by atoms with Crippen molar-refractivity contribution in [3.63, 3.8) is 0 Å². The number of hydrogen-bond acceptors (Lipinski definition) is 3. The lowest BCUT2D eigenvalue weighted by molar-refractivity contribution is -0.125. The van der Waals surface area contributed by atoms with Crippen molar-refractivity contribution in [2.45, 2.75) is 45.6 Å². The van der Waals surface area contributed by atoms with Crippen LogP contribution in [0.3, 0.4) is 0 Å². The fourth-order valence-electron chi connectivity index (χ4n) is 2.87. The Labute approximate surface area is 130 Å². The molecule has 6 nitrogen and oxygen atoms in total. The Kier molecular flexibility index (Phi) is 4.27. The number of H-pyrrole nitrogens is 1. The molecule has 1 atom stereocenters. The first-order chi connectivity index (χ1) is 10.6. The summed E-state index contributed by atoms with van der Waals surface area (Å²) in [5, 5.41) is 7.14. The molecule has 0 fully saturated rings. The second-order valence-electron chi connectivity index (χ2n) is 6.20. The van der Waals surface area contributed by atoms with Crippen molar-refractivity contribution >= 4 is 5.91 Å². The Balaban J connectivity index is 1.53. The van der Waals surface area contributed by atoms with Gasteiger partial charge in [0.25, 0.3) is 0 Å². The van der Waals surface area contributed by atoms with Gasteiger partial charge in [-0.1, -0.05) is 13.8 Å². The van der Waals surface area contributed by atoms with E-state index >= 15 is 0 Å². The van der Waals surface area contributed by atoms with Crippen LogP contribution >= 0.6 is 0 Å². The van der Waals surface area contributed by atoms with E-state index in [-0.39, 0.29) is 11.8 Å². The van der Waals surface area contributed by atoms with Crippen molar-refractivity contribution in [3.8, 4) is 0 Å². The molecule has 0 saturated carbocycles. The van der Waals surface area contributed by atoms with Crippen molar-refractivity contribution in [1.29, 1.82) is 0 Å². The van der Waals surface area contributed by atoms with Crippen LogP contribution in [0.1, 0.15) is 43.4 Å². The van der Waals surface area contributed by atoms with Crippen LogP contribution in [0.5, 0.6) is 0 Å². The molecule has 22 heavy (non-hydrogen) atoms. The number of aryl methyl sites for hydroxylation is 1. The first kappa shape index (κ1) is 14.8. The van der Waals surface area contributed by atoms with Crippen LogP contribution < -0.4 is 5.32 Å². The quantitative estimate of drug-likeness (QED) is 0.881. The van der Waals surface area contributed by atoms with Crippen LogP contribution in [0.15, 0.2) is 18.5 Å². The average Bonchev–Trinajstić information content (AvgIpc) is 3.15. The highest BCUT2D eigenvalue weighted by molar-refractivity contribution is 5.79. The van der Waals surface area contributed by atoms with Crippen LogP contribution in [0.2, 0.25) is 0 Å². The minimum Gasteiger partial charge on any atom is -0.354 e. The van der Waals surface area contributed by atoms with E-state index in [1.165, 1.54) is 0 Å². The molecule has 0 spiro atoms. The van der Waals surface area contributed by atoms with E-state index in [4.69, 9.17) is 0 Å². The van der Waals surface area contributed by atoms with E-state index in [0.717, 1.165) is 36.5 Å². The Morgan fingerprint density at radius 3 is 3.14 bits per heavy atom. The molecule has 0 unspecified atom stereocenters. The van der Waals surface area contributed by atoms with E-state index in [0.29, 0.717) is 19.0 Å². The molecule has 3 rings (SSSR count). The van der Waals surface area contributed by atoms with Crippen LogP contribution in [-0.4, -0.2) is 32.2 Å². The molecule has 0 aliphatic heterocycles. The molecule has 1 amide bonds. The molecule has 1 aliphatic rings. The van der Waals surface area contributed by atoms with Gasteiger partial charge in [0.15, 0.2) is 0 Å². The van der Waals surface area contributed by atoms with Crippen molar-refractivity contribution in [2.24, 2.45) is 5.92 Å². The third-order valence-electron chi connectivity index (χ3n) is 4.18. The van der Waals surface area contributed by atoms with Gasteiger partial charge in [-0.15, -0.1) is 0 Å². The molecule has 2 N–H and O–H groups in total. The second kappa shape index (κ2) is 6.34. The van der Waals surface area contributed by atoms with E-state index in [1.54, 1.807) is 6.20 Å². The minimum atomic E-state index is 0.0468. The van der Waals surface area contributed by atoms with Crippen molar-refractivity contribution in [2.75, 3.05) is 6.54 Å². The molecular weight excluding hydrogens is 278 g/mol. The first-order valence-electron chi connectivity index (χ1n) is 7.96. The van der Waals surface area contributed by atoms with Gasteiger partial charge in [0, 0.05) is 42.9 Å². The Morgan fingerprint density at radius 2 is 2.41 bits per heavy atom. The lowest BCUT2D eigenvalue weighted by atomic mass is 9.89. The number of nitrogens with zero attached hydrogens (tertiary/aromatic N) is 3. The van der Waals surface area contributed by atoms with Crippen molar-refractivity contribution in [1.82, 2.24) is 25.1 Å². The van der Waals surface area contributed by atoms with Gasteiger partial charge in [-0.3, -0.25) is 9.48 Å². The smallest absolute Gasteiger partial charge is 0.223 e. The number of amides is 1. The van der Waals surface area contributed by atoms with Gasteiger partial charge in [0.2, 0.25) is 5.91 Å². The van der Waals surface area contributed by atoms with Gasteiger partial charge >= 0.3 is 0 Å². The van der Waals surface area contributed by atoms with E-state index in [9.17, 15) is 4.79 Å². The number of hydrogen-bond donors (Lipinski definition) is 2. The van der Waals surface area contributed by atoms with Gasteiger partial charge in [0.1, 0.15) is 5.82 Å². The topological polar surface area (TPSA) is 75.6 Å². The maximum absolute atomic E-state index is 12.3. The molecule has 2 aromatic heterocycles. The molecule has 0 saturated heterocycles. The summed E-state index contributed by atoms with van der Waals surface area (Å²) in [6, 6.07) is 1.88. The summed E-state index contributed by atoms with van der Waals surface area (Å²) in [6.45, 7) is 5.58. The fourth-order valence-corrected chi connectivity index (χ4v) is 2.87. The zero-order chi connectivity index (χ0) is 15.5. The molecule has 2 aromatic rings. The second-order valence-corrected chi connectivity index (χ2v) is 6.20. The van der Waals surface area contributed by atoms with Crippen LogP contribution in [0.4, 0.5) is 0 Å². The van der Waals surface area contributed by atoms with Gasteiger partial charge in [0.05, 0.1) is 12.2 Å². The van der Waals surface area contributed by atoms with Crippen LogP contribution in [0.25, 0.3) is 0 Å². The first-order valence-corrected chi connectivity index (χ1v) is 7.96. The SMILES string of the molecule is CC(C)c1nc2c([nH]1)C[C@H](C(=O)NCCn1cccn1)CC2. The number of carbonyl (C=O) groups excluding carboxylic acids is 1. The Morgan fingerprint density at radius 1 is 1.55 bits per heavy atom. The fraction of sp³-hybridized carbons (Fsp3) is 0.562. The normalized spacial score (nSPS) is 17.5. The van der Waals surface area contributed by atoms with Crippen molar-refractivity contribution < 1.29 is 4.79 Å². The average molecular weight is 301 g/mol. The number of aromatic amines is 1. The number of fused-ring (bicyclic) bond motifs is 1. The zero-order valence-corrected chi connectivity index (χ0v) is 13.2. The van der Waals surface area contributed by atoms with E-state index < -0.39 is 0 Å². The Hall–Kier alpha value is -2.11. The summed E-state index contributed by atoms with van der Waals surface area (Å²) in [4.78, 5) is 20.3. The van der Waals surface area contributed by atoms with E-state index in [1.807, 2.05) is 16.9 Å². The lowest BCUT2D eigenvalue weighted by Crippen LogP contribution is -2.35. The summed E-state index contributed by atoms with van der Waals surface area (Å²) in [5.41, 5.74) is 2.28. The van der Waals surface area contributed by atoms with Gasteiger partial charge < -0.3 is 10.3 Å². The van der Waals surface area contributed by atoms with Gasteiger partial charge in [-0.2, -0.15) is 5.10 Å². The lowest BCUT2D eigenvalue weighted by Gasteiger charge is -2.20. The largest absolute Gasteiger partial charge is 0.354 e. The monoisotopic (exact) mass is 301 g/mol. The summed E-state index contributed by atoms with van der Waals surface area (Å²) in [6.07, 6.45) is 6.17. The third kappa shape index (κ3) is 3.21. The van der Waals surface area contributed by atoms with Crippen LogP contribution in [-0.2, 0) is 24.2 Å². The van der Waals surface area contributed by atoms with Crippen LogP contribution in [0, 0.1) is 5.92 Å². The molecule has 118 valence electrons. The molecule has 6 heteroatoms. The molecule has 0 bridgehead atoms. The number of nitrogens with one attached hydrogen (secondary N) is 2. The van der Waals surface area contributed by atoms with Gasteiger partial charge in [-0.05, 0) is 18.9 Å². The molecule has 0 aromatic carbocycles. The highest BCUT2D eigenvalue weighted by Crippen LogP contribution is 2.25. The van der Waals surface area contributed by atoms with Gasteiger partial charge in [-0.25, -0.2) is 4.98 Å². The molecule has 0 radical (unpaired) electrons. The maximum atomic E-state index is 12.3. The number of carbonyl (C=O) groups is 1. The third-order valence-corrected chi connectivity index (χ3v) is 4.18. The summed E-state index contributed by atoms with van der Waals surface area (Å²) < 4.78 is 1.82. The molecule has 2 heterocycles. The highest BCUT2D eigenvalue weighted by atomic mass is 16.1. The predicted molar refractivity (Wildman–Crippen MR) is 83.4 cm³/mol. The number of aromatic nitrogens is 4. The summed E-state index contributed by atoms with van der Waals surface area (Å²) >= 11 is 0. The molecule has 1 aliphatic carbocycles. The molecular formula is C16H23N5O. The van der Waals surface area contributed by atoms with E-state index in [2.05, 4.69) is 34.2 Å². The summed E-state index contributed by atoms with van der Waals surface area (Å²) in [7, 11) is 0. The number of rotatable bonds is 5. The standard InChI is InChI=1S/C16H23N5O/c1-11(2)15-19-13-5-4-12(10-14(13)20-15)16(22)17-7-9-21-8-3-6-18-21/h3,6,8,11-12H,4-5,7,9-10H2,1-2H3,(H,17,22)(H,19,20)/t12-/m1/s1. The van der Waals surface area contributed by atoms with Crippen molar-refractivity contribution in [3.05, 3.63) is 35.7 Å². The minimum absolute atomic E-state index is 0.0468. The highest BCUT2D eigenvalue weighted by Gasteiger charge is 2.27. The number of imidazole rings is 1. The Bertz CT molecular complexity index is 629. The summed E-state index contributed by atoms with van der Waals surface area (Å²) in [5.74, 6) is 1.61.